The van der Waals surface area contributed by atoms with Gasteiger partial charge < -0.3 is 14.4 Å². The fourth-order valence-electron chi connectivity index (χ4n) is 5.12. The van der Waals surface area contributed by atoms with E-state index in [1.807, 2.05) is 0 Å². The second-order valence-electron chi connectivity index (χ2n) is 8.68. The summed E-state index contributed by atoms with van der Waals surface area (Å²) in [6.45, 7) is 8.10. The van der Waals surface area contributed by atoms with E-state index >= 15 is 0 Å². The number of ether oxygens (including phenoxy) is 2. The Bertz CT molecular complexity index is 580. The Labute approximate surface area is 160 Å². The normalized spacial score (nSPS) is 20.5. The van der Waals surface area contributed by atoms with Crippen LogP contribution in [0, 0.1) is 5.41 Å². The van der Waals surface area contributed by atoms with E-state index in [1.54, 1.807) is 14.2 Å². The summed E-state index contributed by atoms with van der Waals surface area (Å²) in [7, 11) is 3.53. The van der Waals surface area contributed by atoms with Crippen LogP contribution in [0.15, 0.2) is 12.1 Å². The third-order valence-electron chi connectivity index (χ3n) is 6.77. The van der Waals surface area contributed by atoms with Crippen molar-refractivity contribution in [1.82, 2.24) is 4.90 Å². The summed E-state index contributed by atoms with van der Waals surface area (Å²) >= 11 is 0. The van der Waals surface area contributed by atoms with Crippen molar-refractivity contribution in [2.45, 2.75) is 71.1 Å². The predicted octanol–water partition coefficient (Wildman–Crippen LogP) is 5.42. The monoisotopic (exact) mass is 359 g/mol. The first-order chi connectivity index (χ1) is 12.6. The van der Waals surface area contributed by atoms with Crippen LogP contribution in [0.2, 0.25) is 0 Å². The van der Waals surface area contributed by atoms with Gasteiger partial charge in [0.05, 0.1) is 14.2 Å². The molecule has 1 aromatic rings. The molecule has 1 saturated carbocycles. The molecule has 0 bridgehead atoms. The molecule has 3 heteroatoms. The van der Waals surface area contributed by atoms with E-state index in [0.717, 1.165) is 24.5 Å². The molecule has 3 nitrogen and oxygen atoms in total. The summed E-state index contributed by atoms with van der Waals surface area (Å²) in [4.78, 5) is 2.67. The highest BCUT2D eigenvalue weighted by Crippen LogP contribution is 2.44. The number of methoxy groups -OCH3 is 2. The van der Waals surface area contributed by atoms with Crippen LogP contribution < -0.4 is 9.47 Å². The number of nitrogens with zero attached hydrogens (tertiary/aromatic N) is 1. The Morgan fingerprint density at radius 3 is 2.23 bits per heavy atom. The van der Waals surface area contributed by atoms with Gasteiger partial charge in [0.15, 0.2) is 0 Å². The Morgan fingerprint density at radius 1 is 0.962 bits per heavy atom. The van der Waals surface area contributed by atoms with Crippen molar-refractivity contribution < 1.29 is 9.47 Å². The summed E-state index contributed by atoms with van der Waals surface area (Å²) in [5.74, 6) is 2.36. The van der Waals surface area contributed by atoms with E-state index < -0.39 is 0 Å². The van der Waals surface area contributed by atoms with Gasteiger partial charge in [-0.05, 0) is 68.2 Å². The molecule has 1 aliphatic heterocycles. The SMILES string of the molecule is COc1ccc(CCN2CCC3(CCCCC3)CC2)c(OC)c1C(C)C. The van der Waals surface area contributed by atoms with Crippen LogP contribution in [0.3, 0.4) is 0 Å². The predicted molar refractivity (Wildman–Crippen MR) is 109 cm³/mol. The number of benzene rings is 1. The number of piperidine rings is 1. The first-order valence-electron chi connectivity index (χ1n) is 10.5. The van der Waals surface area contributed by atoms with Crippen molar-refractivity contribution in [3.05, 3.63) is 23.3 Å². The summed E-state index contributed by atoms with van der Waals surface area (Å²) in [5, 5.41) is 0. The maximum atomic E-state index is 5.81. The molecule has 2 fully saturated rings. The largest absolute Gasteiger partial charge is 0.496 e. The van der Waals surface area contributed by atoms with Gasteiger partial charge in [0.2, 0.25) is 0 Å². The molecule has 3 rings (SSSR count). The van der Waals surface area contributed by atoms with Crippen LogP contribution in [0.1, 0.15) is 75.8 Å². The molecule has 26 heavy (non-hydrogen) atoms. The summed E-state index contributed by atoms with van der Waals surface area (Å²) in [5.41, 5.74) is 3.21. The van der Waals surface area contributed by atoms with Gasteiger partial charge >= 0.3 is 0 Å². The van der Waals surface area contributed by atoms with E-state index in [-0.39, 0.29) is 0 Å². The van der Waals surface area contributed by atoms with Crippen LogP contribution in [0.4, 0.5) is 0 Å². The highest BCUT2D eigenvalue weighted by Gasteiger charge is 2.35. The molecule has 1 spiro atoms. The van der Waals surface area contributed by atoms with E-state index in [1.165, 1.54) is 69.2 Å². The van der Waals surface area contributed by atoms with Crippen molar-refractivity contribution in [3.63, 3.8) is 0 Å². The highest BCUT2D eigenvalue weighted by atomic mass is 16.5. The Morgan fingerprint density at radius 2 is 1.65 bits per heavy atom. The van der Waals surface area contributed by atoms with E-state index in [9.17, 15) is 0 Å². The minimum absolute atomic E-state index is 0.390. The zero-order valence-electron chi connectivity index (χ0n) is 17.3. The van der Waals surface area contributed by atoms with Gasteiger partial charge in [-0.25, -0.2) is 0 Å². The van der Waals surface area contributed by atoms with Crippen molar-refractivity contribution in [2.75, 3.05) is 33.9 Å². The Kier molecular flexibility index (Phi) is 6.50. The van der Waals surface area contributed by atoms with Crippen molar-refractivity contribution >= 4 is 0 Å². The maximum Gasteiger partial charge on any atom is 0.129 e. The number of rotatable bonds is 6. The summed E-state index contributed by atoms with van der Waals surface area (Å²) < 4.78 is 11.4. The number of hydrogen-bond acceptors (Lipinski definition) is 3. The molecule has 0 radical (unpaired) electrons. The minimum Gasteiger partial charge on any atom is -0.496 e. The molecule has 0 N–H and O–H groups in total. The lowest BCUT2D eigenvalue weighted by molar-refractivity contribution is 0.0684. The van der Waals surface area contributed by atoms with Crippen LogP contribution in [-0.4, -0.2) is 38.8 Å². The van der Waals surface area contributed by atoms with Gasteiger partial charge in [-0.2, -0.15) is 0 Å². The minimum atomic E-state index is 0.390. The van der Waals surface area contributed by atoms with E-state index in [0.29, 0.717) is 11.3 Å². The van der Waals surface area contributed by atoms with Crippen LogP contribution >= 0.6 is 0 Å². The molecule has 1 heterocycles. The fraction of sp³-hybridized carbons (Fsp3) is 0.739. The van der Waals surface area contributed by atoms with Crippen molar-refractivity contribution in [1.29, 1.82) is 0 Å². The van der Waals surface area contributed by atoms with Gasteiger partial charge in [0, 0.05) is 12.1 Å². The lowest BCUT2D eigenvalue weighted by Gasteiger charge is -2.44. The summed E-state index contributed by atoms with van der Waals surface area (Å²) in [6, 6.07) is 4.30. The molecule has 1 saturated heterocycles. The van der Waals surface area contributed by atoms with E-state index in [2.05, 4.69) is 30.9 Å². The second-order valence-corrected chi connectivity index (χ2v) is 8.68. The Hall–Kier alpha value is -1.22. The molecular formula is C23H37NO2. The molecule has 1 aromatic carbocycles. The van der Waals surface area contributed by atoms with Gasteiger partial charge in [-0.15, -0.1) is 0 Å². The zero-order chi connectivity index (χ0) is 18.6. The lowest BCUT2D eigenvalue weighted by atomic mass is 9.68. The topological polar surface area (TPSA) is 21.7 Å². The highest BCUT2D eigenvalue weighted by molar-refractivity contribution is 5.52. The van der Waals surface area contributed by atoms with Crippen LogP contribution in [-0.2, 0) is 6.42 Å². The van der Waals surface area contributed by atoms with E-state index in [4.69, 9.17) is 9.47 Å². The fourth-order valence-corrected chi connectivity index (χ4v) is 5.12. The molecule has 0 atom stereocenters. The lowest BCUT2D eigenvalue weighted by Crippen LogP contribution is -2.41. The standard InChI is InChI=1S/C23H37NO2/c1-18(2)21-20(25-3)9-8-19(22(21)26-4)10-15-24-16-13-23(14-17-24)11-6-5-7-12-23/h8-9,18H,5-7,10-17H2,1-4H3. The van der Waals surface area contributed by atoms with Crippen molar-refractivity contribution in [3.8, 4) is 11.5 Å². The van der Waals surface area contributed by atoms with Crippen LogP contribution in [0.25, 0.3) is 0 Å². The quantitative estimate of drug-likeness (QED) is 0.677. The average Bonchev–Trinajstić information content (AvgIpc) is 2.67. The smallest absolute Gasteiger partial charge is 0.129 e. The molecule has 0 amide bonds. The molecule has 2 aliphatic rings. The van der Waals surface area contributed by atoms with Crippen LogP contribution in [0.5, 0.6) is 11.5 Å². The molecular weight excluding hydrogens is 322 g/mol. The number of hydrogen-bond donors (Lipinski definition) is 0. The molecule has 0 unspecified atom stereocenters. The Balaban J connectivity index is 1.62. The molecule has 1 aliphatic carbocycles. The number of likely N-dealkylation sites (tertiary alicyclic amines) is 1. The van der Waals surface area contributed by atoms with Crippen molar-refractivity contribution in [2.24, 2.45) is 5.41 Å². The molecule has 146 valence electrons. The third kappa shape index (κ3) is 4.19. The van der Waals surface area contributed by atoms with Gasteiger partial charge in [0.25, 0.3) is 0 Å². The van der Waals surface area contributed by atoms with Gasteiger partial charge in [0.1, 0.15) is 11.5 Å². The first-order valence-corrected chi connectivity index (χ1v) is 10.5. The summed E-state index contributed by atoms with van der Waals surface area (Å²) in [6.07, 6.45) is 11.2. The maximum absolute atomic E-state index is 5.81. The van der Waals surface area contributed by atoms with Gasteiger partial charge in [-0.3, -0.25) is 0 Å². The van der Waals surface area contributed by atoms with Gasteiger partial charge in [-0.1, -0.05) is 39.2 Å². The second kappa shape index (κ2) is 8.65. The third-order valence-corrected chi connectivity index (χ3v) is 6.77. The average molecular weight is 360 g/mol. The zero-order valence-corrected chi connectivity index (χ0v) is 17.3. The molecule has 0 aromatic heterocycles. The first kappa shape index (κ1) is 19.5.